The van der Waals surface area contributed by atoms with E-state index in [-0.39, 0.29) is 16.3 Å². The monoisotopic (exact) mass is 293 g/mol. The van der Waals surface area contributed by atoms with E-state index in [4.69, 9.17) is 11.6 Å². The topological polar surface area (TPSA) is 29.9 Å². The number of benzene rings is 1. The lowest BCUT2D eigenvalue weighted by molar-refractivity contribution is 0.481. The van der Waals surface area contributed by atoms with Crippen molar-refractivity contribution in [3.8, 4) is 0 Å². The van der Waals surface area contributed by atoms with E-state index in [0.717, 1.165) is 25.1 Å². The predicted molar refractivity (Wildman–Crippen MR) is 77.6 cm³/mol. The number of hydrogen-bond donors (Lipinski definition) is 1. The minimum atomic E-state index is -0.381. The van der Waals surface area contributed by atoms with Crippen LogP contribution in [0.25, 0.3) is 0 Å². The summed E-state index contributed by atoms with van der Waals surface area (Å²) in [5, 5.41) is 3.56. The first kappa shape index (κ1) is 13.6. The van der Waals surface area contributed by atoms with Gasteiger partial charge in [-0.15, -0.1) is 0 Å². The summed E-state index contributed by atoms with van der Waals surface area (Å²) in [5.74, 6) is -0.381. The SMILES string of the molecule is CC1(c2cncn2Cc2ccc(F)c(Cl)c2)CCNC1. The summed E-state index contributed by atoms with van der Waals surface area (Å²) < 4.78 is 15.3. The smallest absolute Gasteiger partial charge is 0.141 e. The van der Waals surface area contributed by atoms with Crippen molar-refractivity contribution in [1.82, 2.24) is 14.9 Å². The Hall–Kier alpha value is -1.39. The molecular formula is C15H17ClFN3. The van der Waals surface area contributed by atoms with Crippen LogP contribution in [0.1, 0.15) is 24.6 Å². The molecule has 1 aliphatic heterocycles. The van der Waals surface area contributed by atoms with Gasteiger partial charge in [0, 0.05) is 30.4 Å². The van der Waals surface area contributed by atoms with Crippen molar-refractivity contribution in [2.45, 2.75) is 25.3 Å². The van der Waals surface area contributed by atoms with E-state index in [0.29, 0.717) is 6.54 Å². The van der Waals surface area contributed by atoms with E-state index in [1.165, 1.54) is 11.8 Å². The van der Waals surface area contributed by atoms with Gasteiger partial charge in [0.2, 0.25) is 0 Å². The molecule has 0 saturated carbocycles. The van der Waals surface area contributed by atoms with Crippen molar-refractivity contribution in [3.63, 3.8) is 0 Å². The molecule has 0 bridgehead atoms. The molecule has 2 aromatic rings. The molecule has 1 aromatic heterocycles. The average molecular weight is 294 g/mol. The van der Waals surface area contributed by atoms with Crippen molar-refractivity contribution < 1.29 is 4.39 Å². The zero-order chi connectivity index (χ0) is 14.2. The molecule has 2 heterocycles. The summed E-state index contributed by atoms with van der Waals surface area (Å²) in [6.45, 7) is 4.90. The van der Waals surface area contributed by atoms with Crippen molar-refractivity contribution in [3.05, 3.63) is 52.8 Å². The summed E-state index contributed by atoms with van der Waals surface area (Å²) in [6, 6.07) is 4.85. The third-order valence-corrected chi connectivity index (χ3v) is 4.33. The standard InChI is InChI=1S/C15H17ClFN3/c1-15(4-5-18-9-15)14-7-19-10-20(14)8-11-2-3-13(17)12(16)6-11/h2-3,6-7,10,18H,4-5,8-9H2,1H3. The Balaban J connectivity index is 1.88. The molecule has 5 heteroatoms. The van der Waals surface area contributed by atoms with Crippen LogP contribution in [-0.2, 0) is 12.0 Å². The Morgan fingerprint density at radius 2 is 2.35 bits per heavy atom. The van der Waals surface area contributed by atoms with Crippen LogP contribution >= 0.6 is 11.6 Å². The van der Waals surface area contributed by atoms with Crippen molar-refractivity contribution in [2.75, 3.05) is 13.1 Å². The summed E-state index contributed by atoms with van der Waals surface area (Å²) >= 11 is 5.84. The molecule has 1 atom stereocenters. The molecule has 0 amide bonds. The highest BCUT2D eigenvalue weighted by molar-refractivity contribution is 6.30. The Labute approximate surface area is 122 Å². The predicted octanol–water partition coefficient (Wildman–Crippen LogP) is 2.97. The lowest BCUT2D eigenvalue weighted by Crippen LogP contribution is -2.28. The Kier molecular flexibility index (Phi) is 3.52. The summed E-state index contributed by atoms with van der Waals surface area (Å²) in [4.78, 5) is 4.28. The first-order valence-electron chi connectivity index (χ1n) is 6.74. The molecule has 3 nitrogen and oxygen atoms in total. The Bertz CT molecular complexity index is 617. The molecule has 0 spiro atoms. The molecule has 1 aromatic carbocycles. The maximum Gasteiger partial charge on any atom is 0.141 e. The number of aromatic nitrogens is 2. The molecule has 0 aliphatic carbocycles. The van der Waals surface area contributed by atoms with Crippen molar-refractivity contribution >= 4 is 11.6 Å². The van der Waals surface area contributed by atoms with Gasteiger partial charge >= 0.3 is 0 Å². The van der Waals surface area contributed by atoms with E-state index in [1.807, 2.05) is 12.5 Å². The van der Waals surface area contributed by atoms with Crippen LogP contribution in [0.4, 0.5) is 4.39 Å². The van der Waals surface area contributed by atoms with Gasteiger partial charge in [0.05, 0.1) is 11.3 Å². The van der Waals surface area contributed by atoms with Crippen LogP contribution < -0.4 is 5.32 Å². The highest BCUT2D eigenvalue weighted by Crippen LogP contribution is 2.30. The summed E-state index contributed by atoms with van der Waals surface area (Å²) in [5.41, 5.74) is 2.30. The van der Waals surface area contributed by atoms with E-state index < -0.39 is 0 Å². The van der Waals surface area contributed by atoms with Gasteiger partial charge in [0.1, 0.15) is 5.82 Å². The van der Waals surface area contributed by atoms with Crippen LogP contribution in [0, 0.1) is 5.82 Å². The van der Waals surface area contributed by atoms with Crippen LogP contribution in [-0.4, -0.2) is 22.6 Å². The second kappa shape index (κ2) is 5.19. The molecule has 106 valence electrons. The minimum Gasteiger partial charge on any atom is -0.330 e. The van der Waals surface area contributed by atoms with E-state index in [9.17, 15) is 4.39 Å². The van der Waals surface area contributed by atoms with Crippen molar-refractivity contribution in [2.24, 2.45) is 0 Å². The van der Waals surface area contributed by atoms with Crippen LogP contribution in [0.15, 0.2) is 30.7 Å². The van der Waals surface area contributed by atoms with Gasteiger partial charge in [0.15, 0.2) is 0 Å². The van der Waals surface area contributed by atoms with Gasteiger partial charge in [-0.25, -0.2) is 9.37 Å². The lowest BCUT2D eigenvalue weighted by atomic mass is 9.86. The largest absolute Gasteiger partial charge is 0.330 e. The number of halogens is 2. The molecule has 1 unspecified atom stereocenters. The van der Waals surface area contributed by atoms with E-state index in [1.54, 1.807) is 12.1 Å². The lowest BCUT2D eigenvalue weighted by Gasteiger charge is -2.24. The fraction of sp³-hybridized carbons (Fsp3) is 0.400. The number of rotatable bonds is 3. The van der Waals surface area contributed by atoms with Gasteiger partial charge < -0.3 is 9.88 Å². The molecule has 3 rings (SSSR count). The summed E-state index contributed by atoms with van der Waals surface area (Å²) in [7, 11) is 0. The molecule has 1 aliphatic rings. The van der Waals surface area contributed by atoms with Gasteiger partial charge in [-0.05, 0) is 30.7 Å². The maximum atomic E-state index is 13.2. The van der Waals surface area contributed by atoms with Gasteiger partial charge in [-0.2, -0.15) is 0 Å². The normalized spacial score (nSPS) is 22.4. The highest BCUT2D eigenvalue weighted by Gasteiger charge is 2.33. The number of hydrogen-bond acceptors (Lipinski definition) is 2. The quantitative estimate of drug-likeness (QED) is 0.943. The number of imidazole rings is 1. The molecule has 0 radical (unpaired) electrons. The van der Waals surface area contributed by atoms with Gasteiger partial charge in [0.25, 0.3) is 0 Å². The van der Waals surface area contributed by atoms with Crippen LogP contribution in [0.2, 0.25) is 5.02 Å². The molecule has 1 N–H and O–H groups in total. The van der Waals surface area contributed by atoms with Gasteiger partial charge in [-0.1, -0.05) is 24.6 Å². The first-order chi connectivity index (χ1) is 9.58. The molecular weight excluding hydrogens is 277 g/mol. The second-order valence-corrected chi connectivity index (χ2v) is 6.05. The van der Waals surface area contributed by atoms with Crippen molar-refractivity contribution in [1.29, 1.82) is 0 Å². The van der Waals surface area contributed by atoms with Gasteiger partial charge in [-0.3, -0.25) is 0 Å². The Morgan fingerprint density at radius 3 is 3.05 bits per heavy atom. The zero-order valence-electron chi connectivity index (χ0n) is 11.4. The Morgan fingerprint density at radius 1 is 1.50 bits per heavy atom. The average Bonchev–Trinajstić information content (AvgIpc) is 3.04. The molecule has 1 fully saturated rings. The summed E-state index contributed by atoms with van der Waals surface area (Å²) in [6.07, 6.45) is 4.86. The number of nitrogens with one attached hydrogen (secondary N) is 1. The first-order valence-corrected chi connectivity index (χ1v) is 7.11. The highest BCUT2D eigenvalue weighted by atomic mass is 35.5. The number of nitrogens with zero attached hydrogens (tertiary/aromatic N) is 2. The molecule has 20 heavy (non-hydrogen) atoms. The van der Waals surface area contributed by atoms with Crippen LogP contribution in [0.5, 0.6) is 0 Å². The zero-order valence-corrected chi connectivity index (χ0v) is 12.1. The van der Waals surface area contributed by atoms with E-state index in [2.05, 4.69) is 21.8 Å². The minimum absolute atomic E-state index is 0.111. The third kappa shape index (κ3) is 2.45. The molecule has 1 saturated heterocycles. The fourth-order valence-corrected chi connectivity index (χ4v) is 3.02. The van der Waals surface area contributed by atoms with E-state index >= 15 is 0 Å². The fourth-order valence-electron chi connectivity index (χ4n) is 2.82. The maximum absolute atomic E-state index is 13.2. The third-order valence-electron chi connectivity index (χ3n) is 4.04. The van der Waals surface area contributed by atoms with Crippen LogP contribution in [0.3, 0.4) is 0 Å². The second-order valence-electron chi connectivity index (χ2n) is 5.64.